The predicted octanol–water partition coefficient (Wildman–Crippen LogP) is 2.67. The third-order valence-electron chi connectivity index (χ3n) is 1.92. The molecule has 0 bridgehead atoms. The fourth-order valence-corrected chi connectivity index (χ4v) is 1.19. The quantitative estimate of drug-likeness (QED) is 0.631. The van der Waals surface area contributed by atoms with Gasteiger partial charge in [0.2, 0.25) is 0 Å². The molecular formula is C12H10FN3. The van der Waals surface area contributed by atoms with Crippen LogP contribution in [-0.4, -0.2) is 11.2 Å². The molecule has 16 heavy (non-hydrogen) atoms. The number of nitrogens with one attached hydrogen (secondary N) is 1. The van der Waals surface area contributed by atoms with Crippen molar-refractivity contribution in [2.24, 2.45) is 5.10 Å². The fourth-order valence-electron chi connectivity index (χ4n) is 1.19. The summed E-state index contributed by atoms with van der Waals surface area (Å²) in [5, 5.41) is 3.97. The van der Waals surface area contributed by atoms with Crippen molar-refractivity contribution in [3.8, 4) is 0 Å². The summed E-state index contributed by atoms with van der Waals surface area (Å²) in [7, 11) is 0. The molecule has 0 unspecified atom stereocenters. The number of hydrogen-bond acceptors (Lipinski definition) is 3. The highest BCUT2D eigenvalue weighted by Gasteiger charge is 1.91. The van der Waals surface area contributed by atoms with Gasteiger partial charge in [0, 0.05) is 18.0 Å². The fraction of sp³-hybridized carbons (Fsp3) is 0. The average molecular weight is 215 g/mol. The van der Waals surface area contributed by atoms with Crippen LogP contribution >= 0.6 is 0 Å². The molecule has 0 spiro atoms. The van der Waals surface area contributed by atoms with Gasteiger partial charge in [0.15, 0.2) is 0 Å². The Labute approximate surface area is 92.7 Å². The van der Waals surface area contributed by atoms with Gasteiger partial charge < -0.3 is 0 Å². The van der Waals surface area contributed by atoms with Gasteiger partial charge >= 0.3 is 0 Å². The van der Waals surface area contributed by atoms with Crippen molar-refractivity contribution in [3.05, 3.63) is 60.2 Å². The van der Waals surface area contributed by atoms with Gasteiger partial charge in [-0.05, 0) is 24.3 Å². The first-order valence-corrected chi connectivity index (χ1v) is 4.79. The average Bonchev–Trinajstić information content (AvgIpc) is 2.30. The second-order valence-electron chi connectivity index (χ2n) is 3.17. The van der Waals surface area contributed by atoms with Gasteiger partial charge in [-0.15, -0.1) is 0 Å². The Morgan fingerprint density at radius 1 is 1.25 bits per heavy atom. The number of halogens is 1. The highest BCUT2D eigenvalue weighted by atomic mass is 19.1. The molecule has 80 valence electrons. The normalized spacial score (nSPS) is 10.6. The molecule has 3 nitrogen and oxygen atoms in total. The second kappa shape index (κ2) is 5.02. The molecule has 0 radical (unpaired) electrons. The lowest BCUT2D eigenvalue weighted by molar-refractivity contribution is 0.628. The van der Waals surface area contributed by atoms with Gasteiger partial charge in [-0.3, -0.25) is 10.4 Å². The van der Waals surface area contributed by atoms with Crippen molar-refractivity contribution < 1.29 is 4.39 Å². The van der Waals surface area contributed by atoms with Gasteiger partial charge in [-0.1, -0.05) is 12.1 Å². The lowest BCUT2D eigenvalue weighted by Gasteiger charge is -1.98. The van der Waals surface area contributed by atoms with Crippen molar-refractivity contribution in [1.82, 2.24) is 4.98 Å². The highest BCUT2D eigenvalue weighted by molar-refractivity contribution is 5.79. The zero-order chi connectivity index (χ0) is 11.2. The molecule has 2 aromatic rings. The van der Waals surface area contributed by atoms with Crippen LogP contribution < -0.4 is 5.43 Å². The Morgan fingerprint density at radius 2 is 2.19 bits per heavy atom. The minimum absolute atomic E-state index is 0.290. The Kier molecular flexibility index (Phi) is 3.23. The van der Waals surface area contributed by atoms with E-state index in [-0.39, 0.29) is 5.82 Å². The van der Waals surface area contributed by atoms with Crippen molar-refractivity contribution in [2.45, 2.75) is 0 Å². The van der Waals surface area contributed by atoms with Gasteiger partial charge in [-0.25, -0.2) is 4.39 Å². The van der Waals surface area contributed by atoms with Crippen molar-refractivity contribution in [1.29, 1.82) is 0 Å². The molecule has 1 heterocycles. The third-order valence-corrected chi connectivity index (χ3v) is 1.92. The van der Waals surface area contributed by atoms with Gasteiger partial charge in [0.25, 0.3) is 0 Å². The molecule has 0 aliphatic carbocycles. The maximum Gasteiger partial charge on any atom is 0.125 e. The van der Waals surface area contributed by atoms with E-state index in [0.29, 0.717) is 5.69 Å². The summed E-state index contributed by atoms with van der Waals surface area (Å²) < 4.78 is 12.8. The smallest absolute Gasteiger partial charge is 0.125 e. The molecule has 2 rings (SSSR count). The minimum atomic E-state index is -0.290. The number of hydrazone groups is 1. The second-order valence-corrected chi connectivity index (χ2v) is 3.17. The van der Waals surface area contributed by atoms with Crippen LogP contribution in [0.5, 0.6) is 0 Å². The monoisotopic (exact) mass is 215 g/mol. The molecule has 0 saturated heterocycles. The van der Waals surface area contributed by atoms with Crippen molar-refractivity contribution >= 4 is 11.9 Å². The maximum absolute atomic E-state index is 12.8. The molecule has 4 heteroatoms. The van der Waals surface area contributed by atoms with Crippen LogP contribution in [-0.2, 0) is 0 Å². The van der Waals surface area contributed by atoms with Gasteiger partial charge in [-0.2, -0.15) is 5.10 Å². The maximum atomic E-state index is 12.8. The zero-order valence-electron chi connectivity index (χ0n) is 8.47. The van der Waals surface area contributed by atoms with Crippen LogP contribution in [0.3, 0.4) is 0 Å². The summed E-state index contributed by atoms with van der Waals surface area (Å²) in [5.41, 5.74) is 4.23. The number of aromatic nitrogens is 1. The number of hydrogen-bond donors (Lipinski definition) is 1. The molecule has 0 aliphatic rings. The van der Waals surface area contributed by atoms with Crippen LogP contribution in [0, 0.1) is 5.82 Å². The third kappa shape index (κ3) is 2.88. The standard InChI is InChI=1S/C12H10FN3/c13-11-4-1-5-12(7-11)16-15-9-10-3-2-6-14-8-10/h1-9,16H/b15-9+. The van der Waals surface area contributed by atoms with Crippen LogP contribution in [0.1, 0.15) is 5.56 Å². The number of benzene rings is 1. The molecular weight excluding hydrogens is 205 g/mol. The Morgan fingerprint density at radius 3 is 2.94 bits per heavy atom. The number of anilines is 1. The van der Waals surface area contributed by atoms with Gasteiger partial charge in [0.1, 0.15) is 5.82 Å². The highest BCUT2D eigenvalue weighted by Crippen LogP contribution is 2.08. The number of pyridine rings is 1. The largest absolute Gasteiger partial charge is 0.278 e. The van der Waals surface area contributed by atoms with Gasteiger partial charge in [0.05, 0.1) is 11.9 Å². The first kappa shape index (κ1) is 10.3. The molecule has 0 atom stereocenters. The van der Waals surface area contributed by atoms with E-state index in [9.17, 15) is 4.39 Å². The lowest BCUT2D eigenvalue weighted by Crippen LogP contribution is -1.91. The van der Waals surface area contributed by atoms with E-state index in [1.807, 2.05) is 12.1 Å². The molecule has 0 amide bonds. The van der Waals surface area contributed by atoms with Crippen LogP contribution in [0.15, 0.2) is 53.9 Å². The van der Waals surface area contributed by atoms with Crippen molar-refractivity contribution in [3.63, 3.8) is 0 Å². The van der Waals surface area contributed by atoms with Crippen molar-refractivity contribution in [2.75, 3.05) is 5.43 Å². The Bertz CT molecular complexity index is 483. The zero-order valence-corrected chi connectivity index (χ0v) is 8.47. The summed E-state index contributed by atoms with van der Waals surface area (Å²) in [6, 6.07) is 9.82. The summed E-state index contributed by atoms with van der Waals surface area (Å²) in [4.78, 5) is 3.95. The summed E-state index contributed by atoms with van der Waals surface area (Å²) in [6.07, 6.45) is 5.01. The van der Waals surface area contributed by atoms with E-state index in [1.165, 1.54) is 12.1 Å². The van der Waals surface area contributed by atoms with E-state index in [2.05, 4.69) is 15.5 Å². The van der Waals surface area contributed by atoms with E-state index in [1.54, 1.807) is 30.7 Å². The van der Waals surface area contributed by atoms with E-state index >= 15 is 0 Å². The topological polar surface area (TPSA) is 37.3 Å². The summed E-state index contributed by atoms with van der Waals surface area (Å²) >= 11 is 0. The molecule has 1 N–H and O–H groups in total. The minimum Gasteiger partial charge on any atom is -0.278 e. The Balaban J connectivity index is 2.00. The molecule has 0 aliphatic heterocycles. The number of rotatable bonds is 3. The molecule has 1 aromatic heterocycles. The first-order chi connectivity index (χ1) is 7.84. The van der Waals surface area contributed by atoms with Crippen LogP contribution in [0.25, 0.3) is 0 Å². The van der Waals surface area contributed by atoms with E-state index < -0.39 is 0 Å². The van der Waals surface area contributed by atoms with E-state index in [0.717, 1.165) is 5.56 Å². The molecule has 0 saturated carbocycles. The summed E-state index contributed by atoms with van der Waals surface area (Å²) in [5.74, 6) is -0.290. The predicted molar refractivity (Wildman–Crippen MR) is 61.9 cm³/mol. The molecule has 1 aromatic carbocycles. The summed E-state index contributed by atoms with van der Waals surface area (Å²) in [6.45, 7) is 0. The Hall–Kier alpha value is -2.23. The van der Waals surface area contributed by atoms with E-state index in [4.69, 9.17) is 0 Å². The SMILES string of the molecule is Fc1cccc(N/N=C/c2cccnc2)c1. The van der Waals surface area contributed by atoms with Crippen LogP contribution in [0.2, 0.25) is 0 Å². The number of nitrogens with zero attached hydrogens (tertiary/aromatic N) is 2. The first-order valence-electron chi connectivity index (χ1n) is 4.79. The molecule has 0 fully saturated rings. The van der Waals surface area contributed by atoms with Crippen LogP contribution in [0.4, 0.5) is 10.1 Å². The lowest BCUT2D eigenvalue weighted by atomic mass is 10.3.